The van der Waals surface area contributed by atoms with E-state index in [2.05, 4.69) is 4.99 Å². The van der Waals surface area contributed by atoms with Crippen LogP contribution in [0.4, 0.5) is 5.69 Å². The summed E-state index contributed by atoms with van der Waals surface area (Å²) in [4.78, 5) is 16.1. The Hall–Kier alpha value is -1.61. The number of allylic oxidation sites excluding steroid dienone is 2. The molecule has 94 valence electrons. The molecule has 0 heterocycles. The van der Waals surface area contributed by atoms with Gasteiger partial charge in [0, 0.05) is 11.4 Å². The van der Waals surface area contributed by atoms with E-state index in [1.165, 1.54) is 0 Å². The standard InChI is InChI=1S/C14H14ClNO2/c1-3-11(17)12-13(8(2)14(12)18)16-10-6-4-9(15)5-7-10/h4-8,18H,3H2,1-2H3. The molecule has 18 heavy (non-hydrogen) atoms. The number of hydrogen-bond acceptors (Lipinski definition) is 3. The molecule has 3 nitrogen and oxygen atoms in total. The third-order valence-corrected chi connectivity index (χ3v) is 3.26. The normalized spacial score (nSPS) is 21.1. The summed E-state index contributed by atoms with van der Waals surface area (Å²) in [5.41, 5.74) is 1.76. The van der Waals surface area contributed by atoms with Gasteiger partial charge in [-0.25, -0.2) is 0 Å². The maximum absolute atomic E-state index is 11.7. The molecule has 0 amide bonds. The zero-order chi connectivity index (χ0) is 13.3. The fourth-order valence-corrected chi connectivity index (χ4v) is 2.01. The molecule has 4 heteroatoms. The number of aliphatic hydroxyl groups is 1. The number of halogens is 1. The second kappa shape index (κ2) is 4.94. The van der Waals surface area contributed by atoms with Crippen molar-refractivity contribution in [2.24, 2.45) is 10.9 Å². The van der Waals surface area contributed by atoms with Crippen LogP contribution in [-0.2, 0) is 4.79 Å². The zero-order valence-electron chi connectivity index (χ0n) is 10.3. The average Bonchev–Trinajstić information content (AvgIpc) is 2.39. The predicted molar refractivity (Wildman–Crippen MR) is 72.7 cm³/mol. The van der Waals surface area contributed by atoms with Gasteiger partial charge in [-0.15, -0.1) is 0 Å². The van der Waals surface area contributed by atoms with Gasteiger partial charge in [0.2, 0.25) is 0 Å². The lowest BCUT2D eigenvalue weighted by atomic mass is 9.80. The molecule has 0 spiro atoms. The van der Waals surface area contributed by atoms with Crippen molar-refractivity contribution in [2.75, 3.05) is 0 Å². The minimum atomic E-state index is -0.175. The highest BCUT2D eigenvalue weighted by Gasteiger charge is 2.37. The SMILES string of the molecule is CCC(=O)C1=C(O)C(C)C1=Nc1ccc(Cl)cc1. The van der Waals surface area contributed by atoms with Gasteiger partial charge >= 0.3 is 0 Å². The summed E-state index contributed by atoms with van der Waals surface area (Å²) in [6.07, 6.45) is 0.367. The second-order valence-electron chi connectivity index (χ2n) is 4.23. The molecule has 1 aliphatic rings. The monoisotopic (exact) mass is 263 g/mol. The summed E-state index contributed by atoms with van der Waals surface area (Å²) in [6.45, 7) is 3.60. The van der Waals surface area contributed by atoms with Crippen molar-refractivity contribution in [1.82, 2.24) is 0 Å². The number of benzene rings is 1. The molecule has 0 fully saturated rings. The Morgan fingerprint density at radius 1 is 1.39 bits per heavy atom. The van der Waals surface area contributed by atoms with Gasteiger partial charge in [0.1, 0.15) is 5.76 Å². The van der Waals surface area contributed by atoms with E-state index in [9.17, 15) is 9.90 Å². The number of ketones is 1. The first kappa shape index (κ1) is 12.8. The number of rotatable bonds is 3. The van der Waals surface area contributed by atoms with Crippen LogP contribution < -0.4 is 0 Å². The van der Waals surface area contributed by atoms with Crippen LogP contribution in [0.15, 0.2) is 40.6 Å². The average molecular weight is 264 g/mol. The van der Waals surface area contributed by atoms with Crippen LogP contribution in [0.1, 0.15) is 20.3 Å². The van der Waals surface area contributed by atoms with Gasteiger partial charge in [0.15, 0.2) is 5.78 Å². The fraction of sp³-hybridized carbons (Fsp3) is 0.286. The van der Waals surface area contributed by atoms with Crippen LogP contribution in [-0.4, -0.2) is 16.6 Å². The molecule has 1 atom stereocenters. The van der Waals surface area contributed by atoms with E-state index in [-0.39, 0.29) is 17.5 Å². The van der Waals surface area contributed by atoms with Crippen LogP contribution in [0.25, 0.3) is 0 Å². The van der Waals surface area contributed by atoms with Gasteiger partial charge in [-0.05, 0) is 31.2 Å². The van der Waals surface area contributed by atoms with Gasteiger partial charge in [-0.1, -0.05) is 18.5 Å². The first-order chi connectivity index (χ1) is 8.54. The molecular formula is C14H14ClNO2. The highest BCUT2D eigenvalue weighted by atomic mass is 35.5. The smallest absolute Gasteiger partial charge is 0.167 e. The molecule has 0 aliphatic heterocycles. The third-order valence-electron chi connectivity index (χ3n) is 3.01. The molecule has 0 saturated heterocycles. The number of Topliss-reactive ketones (excluding diaryl/α,β-unsaturated/α-hetero) is 1. The van der Waals surface area contributed by atoms with E-state index in [4.69, 9.17) is 11.6 Å². The Bertz CT molecular complexity index is 543. The molecule has 0 radical (unpaired) electrons. The highest BCUT2D eigenvalue weighted by molar-refractivity contribution is 6.31. The highest BCUT2D eigenvalue weighted by Crippen LogP contribution is 2.33. The molecule has 2 rings (SSSR count). The molecule has 1 aromatic rings. The third kappa shape index (κ3) is 2.18. The van der Waals surface area contributed by atoms with Crippen molar-refractivity contribution in [3.63, 3.8) is 0 Å². The van der Waals surface area contributed by atoms with E-state index >= 15 is 0 Å². The van der Waals surface area contributed by atoms with Gasteiger partial charge in [-0.3, -0.25) is 9.79 Å². The van der Waals surface area contributed by atoms with Crippen molar-refractivity contribution in [1.29, 1.82) is 0 Å². The Balaban J connectivity index is 2.34. The lowest BCUT2D eigenvalue weighted by Gasteiger charge is -2.27. The molecular weight excluding hydrogens is 250 g/mol. The van der Waals surface area contributed by atoms with E-state index in [0.29, 0.717) is 22.7 Å². The van der Waals surface area contributed by atoms with Crippen LogP contribution in [0.5, 0.6) is 0 Å². The lowest BCUT2D eigenvalue weighted by molar-refractivity contribution is -0.115. The van der Waals surface area contributed by atoms with Crippen LogP contribution in [0, 0.1) is 5.92 Å². The van der Waals surface area contributed by atoms with Gasteiger partial charge in [0.05, 0.1) is 22.9 Å². The topological polar surface area (TPSA) is 49.7 Å². The lowest BCUT2D eigenvalue weighted by Crippen LogP contribution is -2.33. The molecule has 0 saturated carbocycles. The van der Waals surface area contributed by atoms with E-state index in [0.717, 1.165) is 5.69 Å². The minimum Gasteiger partial charge on any atom is -0.511 e. The van der Waals surface area contributed by atoms with Crippen LogP contribution in [0.2, 0.25) is 5.02 Å². The number of hydrogen-bond donors (Lipinski definition) is 1. The van der Waals surface area contributed by atoms with Gasteiger partial charge in [-0.2, -0.15) is 0 Å². The quantitative estimate of drug-likeness (QED) is 0.900. The predicted octanol–water partition coefficient (Wildman–Crippen LogP) is 3.85. The van der Waals surface area contributed by atoms with E-state index < -0.39 is 0 Å². The minimum absolute atomic E-state index is 0.0710. The first-order valence-electron chi connectivity index (χ1n) is 5.85. The summed E-state index contributed by atoms with van der Waals surface area (Å²) in [5.74, 6) is -0.0981. The van der Waals surface area contributed by atoms with Gasteiger partial charge in [0.25, 0.3) is 0 Å². The maximum atomic E-state index is 11.7. The van der Waals surface area contributed by atoms with Gasteiger partial charge < -0.3 is 5.11 Å². The molecule has 1 N–H and O–H groups in total. The summed E-state index contributed by atoms with van der Waals surface area (Å²) in [6, 6.07) is 7.06. The van der Waals surface area contributed by atoms with Crippen molar-refractivity contribution in [3.8, 4) is 0 Å². The summed E-state index contributed by atoms with van der Waals surface area (Å²) in [7, 11) is 0. The second-order valence-corrected chi connectivity index (χ2v) is 4.67. The summed E-state index contributed by atoms with van der Waals surface area (Å²) < 4.78 is 0. The Morgan fingerprint density at radius 3 is 2.56 bits per heavy atom. The maximum Gasteiger partial charge on any atom is 0.167 e. The summed E-state index contributed by atoms with van der Waals surface area (Å²) >= 11 is 5.80. The number of aliphatic hydroxyl groups excluding tert-OH is 1. The zero-order valence-corrected chi connectivity index (χ0v) is 11.0. The number of carbonyl (C=O) groups is 1. The van der Waals surface area contributed by atoms with Crippen molar-refractivity contribution < 1.29 is 9.90 Å². The Morgan fingerprint density at radius 2 is 2.00 bits per heavy atom. The molecule has 1 aliphatic carbocycles. The molecule has 1 unspecified atom stereocenters. The Kier molecular flexibility index (Phi) is 3.53. The van der Waals surface area contributed by atoms with E-state index in [1.807, 2.05) is 6.92 Å². The van der Waals surface area contributed by atoms with Crippen molar-refractivity contribution in [3.05, 3.63) is 40.6 Å². The molecule has 1 aromatic carbocycles. The summed E-state index contributed by atoms with van der Waals surface area (Å²) in [5, 5.41) is 10.4. The van der Waals surface area contributed by atoms with Crippen molar-refractivity contribution in [2.45, 2.75) is 20.3 Å². The number of aliphatic imine (C=N–C) groups is 1. The molecule has 0 aromatic heterocycles. The van der Waals surface area contributed by atoms with Crippen molar-refractivity contribution >= 4 is 28.8 Å². The van der Waals surface area contributed by atoms with Crippen LogP contribution >= 0.6 is 11.6 Å². The largest absolute Gasteiger partial charge is 0.511 e. The Labute approximate surface area is 111 Å². The number of nitrogens with zero attached hydrogens (tertiary/aromatic N) is 1. The number of carbonyl (C=O) groups excluding carboxylic acids is 1. The van der Waals surface area contributed by atoms with E-state index in [1.54, 1.807) is 31.2 Å². The fourth-order valence-electron chi connectivity index (χ4n) is 1.89. The van der Waals surface area contributed by atoms with Crippen LogP contribution in [0.3, 0.4) is 0 Å². The molecule has 0 bridgehead atoms. The first-order valence-corrected chi connectivity index (χ1v) is 6.23.